The summed E-state index contributed by atoms with van der Waals surface area (Å²) in [5, 5.41) is 12.1. The van der Waals surface area contributed by atoms with Crippen molar-refractivity contribution in [2.45, 2.75) is 26.4 Å². The number of ether oxygens (including phenoxy) is 1. The van der Waals surface area contributed by atoms with Gasteiger partial charge in [-0.05, 0) is 50.1 Å². The molecule has 0 spiro atoms. The quantitative estimate of drug-likeness (QED) is 0.821. The second-order valence-corrected chi connectivity index (χ2v) is 4.28. The Hall–Kier alpha value is -1.53. The first-order chi connectivity index (χ1) is 7.70. The molecule has 0 aromatic heterocycles. The summed E-state index contributed by atoms with van der Waals surface area (Å²) in [6.07, 6.45) is 1.32. The minimum absolute atomic E-state index is 0.269. The van der Waals surface area contributed by atoms with Crippen molar-refractivity contribution in [1.82, 2.24) is 5.32 Å². The highest BCUT2D eigenvalue weighted by Gasteiger charge is 2.18. The molecule has 1 aliphatic heterocycles. The normalized spacial score (nSPS) is 19.4. The maximum absolute atomic E-state index is 8.86. The topological polar surface area (TPSA) is 45.0 Å². The van der Waals surface area contributed by atoms with Crippen LogP contribution in [-0.2, 0) is 0 Å². The summed E-state index contributed by atoms with van der Waals surface area (Å²) in [5.41, 5.74) is 2.79. The molecule has 2 rings (SSSR count). The van der Waals surface area contributed by atoms with E-state index in [2.05, 4.69) is 11.4 Å². The molecule has 1 fully saturated rings. The molecule has 0 aliphatic carbocycles. The Morgan fingerprint density at radius 3 is 2.56 bits per heavy atom. The number of rotatable bonds is 2. The zero-order chi connectivity index (χ0) is 11.5. The van der Waals surface area contributed by atoms with Crippen LogP contribution in [0.4, 0.5) is 0 Å². The molecule has 3 nitrogen and oxygen atoms in total. The van der Waals surface area contributed by atoms with Gasteiger partial charge in [0.2, 0.25) is 0 Å². The van der Waals surface area contributed by atoms with Crippen LogP contribution >= 0.6 is 0 Å². The van der Waals surface area contributed by atoms with Crippen molar-refractivity contribution >= 4 is 0 Å². The van der Waals surface area contributed by atoms with Crippen LogP contribution in [0.2, 0.25) is 0 Å². The molecule has 3 heteroatoms. The summed E-state index contributed by atoms with van der Waals surface area (Å²) < 4.78 is 5.96. The molecule has 84 valence electrons. The SMILES string of the molecule is Cc1cc(C#N)cc(C)c1O[C@@H]1CCNC1. The Kier molecular flexibility index (Phi) is 3.12. The number of benzene rings is 1. The van der Waals surface area contributed by atoms with Gasteiger partial charge in [-0.2, -0.15) is 5.26 Å². The predicted octanol–water partition coefficient (Wildman–Crippen LogP) is 1.92. The zero-order valence-electron chi connectivity index (χ0n) is 9.71. The number of hydrogen-bond acceptors (Lipinski definition) is 3. The van der Waals surface area contributed by atoms with Gasteiger partial charge in [-0.15, -0.1) is 0 Å². The van der Waals surface area contributed by atoms with E-state index >= 15 is 0 Å². The lowest BCUT2D eigenvalue weighted by atomic mass is 10.1. The van der Waals surface area contributed by atoms with Crippen LogP contribution in [0, 0.1) is 25.2 Å². The van der Waals surface area contributed by atoms with Crippen LogP contribution in [0.25, 0.3) is 0 Å². The van der Waals surface area contributed by atoms with Gasteiger partial charge in [-0.25, -0.2) is 0 Å². The van der Waals surface area contributed by atoms with Gasteiger partial charge in [-0.1, -0.05) is 0 Å². The van der Waals surface area contributed by atoms with Crippen LogP contribution in [0.1, 0.15) is 23.1 Å². The first-order valence-corrected chi connectivity index (χ1v) is 5.59. The molecule has 16 heavy (non-hydrogen) atoms. The molecule has 0 amide bonds. The lowest BCUT2D eigenvalue weighted by molar-refractivity contribution is 0.220. The van der Waals surface area contributed by atoms with E-state index in [9.17, 15) is 0 Å². The van der Waals surface area contributed by atoms with Crippen LogP contribution in [0.5, 0.6) is 5.75 Å². The maximum Gasteiger partial charge on any atom is 0.125 e. The third kappa shape index (κ3) is 2.17. The minimum Gasteiger partial charge on any atom is -0.489 e. The van der Waals surface area contributed by atoms with Crippen molar-refractivity contribution in [3.63, 3.8) is 0 Å². The summed E-state index contributed by atoms with van der Waals surface area (Å²) in [7, 11) is 0. The first kappa shape index (κ1) is 11.0. The average molecular weight is 216 g/mol. The predicted molar refractivity (Wildman–Crippen MR) is 62.5 cm³/mol. The van der Waals surface area contributed by atoms with Gasteiger partial charge in [0.1, 0.15) is 11.9 Å². The summed E-state index contributed by atoms with van der Waals surface area (Å²) in [5.74, 6) is 0.938. The Labute approximate surface area is 96.0 Å². The van der Waals surface area contributed by atoms with Crippen molar-refractivity contribution in [1.29, 1.82) is 5.26 Å². The molecule has 1 aromatic rings. The number of nitrogens with one attached hydrogen (secondary N) is 1. The highest BCUT2D eigenvalue weighted by molar-refractivity contribution is 5.47. The minimum atomic E-state index is 0.269. The van der Waals surface area contributed by atoms with Gasteiger partial charge in [0.15, 0.2) is 0 Å². The first-order valence-electron chi connectivity index (χ1n) is 5.59. The second kappa shape index (κ2) is 4.54. The third-order valence-corrected chi connectivity index (χ3v) is 2.89. The average Bonchev–Trinajstić information content (AvgIpc) is 2.75. The molecule has 1 aliphatic rings. The van der Waals surface area contributed by atoms with Crippen molar-refractivity contribution in [3.05, 3.63) is 28.8 Å². The molecule has 0 saturated carbocycles. The molecule has 1 saturated heterocycles. The second-order valence-electron chi connectivity index (χ2n) is 4.28. The fourth-order valence-electron chi connectivity index (χ4n) is 2.10. The van der Waals surface area contributed by atoms with Crippen LogP contribution < -0.4 is 10.1 Å². The number of hydrogen-bond donors (Lipinski definition) is 1. The molecule has 1 heterocycles. The number of nitrogens with zero attached hydrogens (tertiary/aromatic N) is 1. The summed E-state index contributed by atoms with van der Waals surface area (Å²) >= 11 is 0. The zero-order valence-corrected chi connectivity index (χ0v) is 9.71. The van der Waals surface area contributed by atoms with E-state index in [1.54, 1.807) is 0 Å². The van der Waals surface area contributed by atoms with Crippen molar-refractivity contribution in [3.8, 4) is 11.8 Å². The lowest BCUT2D eigenvalue weighted by Gasteiger charge is -2.17. The standard InChI is InChI=1S/C13H16N2O/c1-9-5-11(7-14)6-10(2)13(9)16-12-3-4-15-8-12/h5-6,12,15H,3-4,8H2,1-2H3/t12-/m1/s1. The van der Waals surface area contributed by atoms with Gasteiger partial charge in [0.05, 0.1) is 11.6 Å². The number of aryl methyl sites for hydroxylation is 2. The van der Waals surface area contributed by atoms with Crippen molar-refractivity contribution < 1.29 is 4.74 Å². The summed E-state index contributed by atoms with van der Waals surface area (Å²) in [4.78, 5) is 0. The Balaban J connectivity index is 2.23. The summed E-state index contributed by atoms with van der Waals surface area (Å²) in [6, 6.07) is 5.92. The van der Waals surface area contributed by atoms with Crippen molar-refractivity contribution in [2.75, 3.05) is 13.1 Å². The van der Waals surface area contributed by atoms with Crippen molar-refractivity contribution in [2.24, 2.45) is 0 Å². The summed E-state index contributed by atoms with van der Waals surface area (Å²) in [6.45, 7) is 5.93. The largest absolute Gasteiger partial charge is 0.489 e. The molecule has 0 radical (unpaired) electrons. The van der Waals surface area contributed by atoms with Gasteiger partial charge < -0.3 is 10.1 Å². The smallest absolute Gasteiger partial charge is 0.125 e. The van der Waals surface area contributed by atoms with Crippen LogP contribution in [0.3, 0.4) is 0 Å². The van der Waals surface area contributed by atoms with E-state index in [1.807, 2.05) is 26.0 Å². The monoisotopic (exact) mass is 216 g/mol. The lowest BCUT2D eigenvalue weighted by Crippen LogP contribution is -2.20. The van der Waals surface area contributed by atoms with E-state index in [4.69, 9.17) is 10.00 Å². The Morgan fingerprint density at radius 2 is 2.06 bits per heavy atom. The fraction of sp³-hybridized carbons (Fsp3) is 0.462. The third-order valence-electron chi connectivity index (χ3n) is 2.89. The van der Waals surface area contributed by atoms with Gasteiger partial charge in [0.25, 0.3) is 0 Å². The van der Waals surface area contributed by atoms with E-state index in [0.717, 1.165) is 36.4 Å². The van der Waals surface area contributed by atoms with Gasteiger partial charge in [0, 0.05) is 6.54 Å². The highest BCUT2D eigenvalue weighted by Crippen LogP contribution is 2.26. The molecular formula is C13H16N2O. The fourth-order valence-corrected chi connectivity index (χ4v) is 2.10. The Morgan fingerprint density at radius 1 is 1.38 bits per heavy atom. The number of nitriles is 1. The maximum atomic E-state index is 8.86. The van der Waals surface area contributed by atoms with Crippen LogP contribution in [0.15, 0.2) is 12.1 Å². The van der Waals surface area contributed by atoms with Crippen LogP contribution in [-0.4, -0.2) is 19.2 Å². The Bertz CT molecular complexity index is 405. The van der Waals surface area contributed by atoms with E-state index < -0.39 is 0 Å². The molecule has 1 atom stereocenters. The van der Waals surface area contributed by atoms with Gasteiger partial charge in [-0.3, -0.25) is 0 Å². The highest BCUT2D eigenvalue weighted by atomic mass is 16.5. The van der Waals surface area contributed by atoms with E-state index in [1.165, 1.54) is 0 Å². The molecule has 0 bridgehead atoms. The molecular weight excluding hydrogens is 200 g/mol. The van der Waals surface area contributed by atoms with E-state index in [-0.39, 0.29) is 6.10 Å². The molecule has 0 unspecified atom stereocenters. The molecule has 1 N–H and O–H groups in total. The van der Waals surface area contributed by atoms with Gasteiger partial charge >= 0.3 is 0 Å². The molecule has 1 aromatic carbocycles. The van der Waals surface area contributed by atoms with E-state index in [0.29, 0.717) is 5.56 Å².